The van der Waals surface area contributed by atoms with Gasteiger partial charge in [-0.05, 0) is 31.6 Å². The first-order valence-corrected chi connectivity index (χ1v) is 7.86. The molecule has 1 saturated carbocycles. The number of Topliss-reactive ketones (excluding diaryl/α,β-unsaturated/α-hetero) is 2. The molecule has 0 aromatic carbocycles. The second kappa shape index (κ2) is 7.84. The highest BCUT2D eigenvalue weighted by molar-refractivity contribution is 5.86. The molecule has 0 aromatic heterocycles. The summed E-state index contributed by atoms with van der Waals surface area (Å²) in [7, 11) is 0. The molecule has 0 aromatic rings. The van der Waals surface area contributed by atoms with E-state index in [0.717, 1.165) is 19.3 Å². The molecule has 0 aliphatic heterocycles. The van der Waals surface area contributed by atoms with Crippen molar-refractivity contribution < 1.29 is 18.4 Å². The van der Waals surface area contributed by atoms with Gasteiger partial charge in [0.1, 0.15) is 5.78 Å². The van der Waals surface area contributed by atoms with E-state index in [1.807, 2.05) is 13.8 Å². The van der Waals surface area contributed by atoms with Crippen LogP contribution in [-0.4, -0.2) is 17.5 Å². The Bertz CT molecular complexity index is 339. The highest BCUT2D eigenvalue weighted by atomic mass is 19.3. The van der Waals surface area contributed by atoms with Gasteiger partial charge in [0, 0.05) is 25.2 Å². The van der Waals surface area contributed by atoms with E-state index in [2.05, 4.69) is 0 Å². The second-order valence-corrected chi connectivity index (χ2v) is 5.93. The quantitative estimate of drug-likeness (QED) is 0.623. The monoisotopic (exact) mass is 288 g/mol. The Hall–Kier alpha value is -0.800. The van der Waals surface area contributed by atoms with E-state index in [1.165, 1.54) is 0 Å². The van der Waals surface area contributed by atoms with Gasteiger partial charge in [-0.2, -0.15) is 8.78 Å². The van der Waals surface area contributed by atoms with E-state index >= 15 is 0 Å². The lowest BCUT2D eigenvalue weighted by molar-refractivity contribution is -0.144. The number of alkyl halides is 2. The summed E-state index contributed by atoms with van der Waals surface area (Å²) in [4.78, 5) is 23.4. The summed E-state index contributed by atoms with van der Waals surface area (Å²) < 4.78 is 27.2. The van der Waals surface area contributed by atoms with Gasteiger partial charge in [0.15, 0.2) is 0 Å². The molecule has 2 atom stereocenters. The van der Waals surface area contributed by atoms with Crippen LogP contribution >= 0.6 is 0 Å². The molecule has 1 aliphatic rings. The predicted octanol–water partition coefficient (Wildman–Crippen LogP) is 4.56. The van der Waals surface area contributed by atoms with Crippen LogP contribution in [0.15, 0.2) is 0 Å². The second-order valence-electron chi connectivity index (χ2n) is 5.93. The third kappa shape index (κ3) is 4.64. The Morgan fingerprint density at radius 2 is 1.95 bits per heavy atom. The van der Waals surface area contributed by atoms with Crippen LogP contribution in [0.4, 0.5) is 8.78 Å². The van der Waals surface area contributed by atoms with Crippen molar-refractivity contribution in [1.29, 1.82) is 0 Å². The van der Waals surface area contributed by atoms with E-state index in [0.29, 0.717) is 25.7 Å². The molecule has 0 N–H and O–H groups in total. The molecule has 1 unspecified atom stereocenters. The highest BCUT2D eigenvalue weighted by Crippen LogP contribution is 2.36. The van der Waals surface area contributed by atoms with Crippen LogP contribution in [0.5, 0.6) is 0 Å². The predicted molar refractivity (Wildman–Crippen MR) is 74.8 cm³/mol. The van der Waals surface area contributed by atoms with Crippen molar-refractivity contribution in [2.45, 2.75) is 77.6 Å². The summed E-state index contributed by atoms with van der Waals surface area (Å²) in [5.74, 6) is -3.74. The SMILES string of the molecule is CCCCC(F)(F)C(=O)CCC1CCC(=O)[C@@H]1CCC. The van der Waals surface area contributed by atoms with Crippen LogP contribution in [0.25, 0.3) is 0 Å². The molecule has 20 heavy (non-hydrogen) atoms. The number of halogens is 2. The van der Waals surface area contributed by atoms with Gasteiger partial charge in [0.05, 0.1) is 0 Å². The van der Waals surface area contributed by atoms with Gasteiger partial charge in [-0.15, -0.1) is 0 Å². The Balaban J connectivity index is 2.45. The number of unbranched alkanes of at least 4 members (excludes halogenated alkanes) is 1. The maximum atomic E-state index is 13.6. The topological polar surface area (TPSA) is 34.1 Å². The average molecular weight is 288 g/mol. The zero-order chi connectivity index (χ0) is 15.2. The van der Waals surface area contributed by atoms with E-state index in [9.17, 15) is 18.4 Å². The van der Waals surface area contributed by atoms with Gasteiger partial charge in [-0.25, -0.2) is 0 Å². The van der Waals surface area contributed by atoms with Crippen molar-refractivity contribution in [2.75, 3.05) is 0 Å². The third-order valence-corrected chi connectivity index (χ3v) is 4.34. The van der Waals surface area contributed by atoms with Gasteiger partial charge < -0.3 is 0 Å². The number of hydrogen-bond donors (Lipinski definition) is 0. The first kappa shape index (κ1) is 17.3. The number of carbonyl (C=O) groups excluding carboxylic acids is 2. The smallest absolute Gasteiger partial charge is 0.299 e. The average Bonchev–Trinajstić information content (AvgIpc) is 2.75. The summed E-state index contributed by atoms with van der Waals surface area (Å²) in [6.07, 6.45) is 4.11. The Morgan fingerprint density at radius 1 is 1.25 bits per heavy atom. The lowest BCUT2D eigenvalue weighted by Gasteiger charge is -2.19. The van der Waals surface area contributed by atoms with Crippen LogP contribution < -0.4 is 0 Å². The molecule has 0 saturated heterocycles. The number of carbonyl (C=O) groups is 2. The van der Waals surface area contributed by atoms with Crippen molar-refractivity contribution in [3.8, 4) is 0 Å². The molecule has 4 heteroatoms. The van der Waals surface area contributed by atoms with Crippen LogP contribution in [0.2, 0.25) is 0 Å². The number of rotatable bonds is 9. The number of ketones is 2. The van der Waals surface area contributed by atoms with Gasteiger partial charge >= 0.3 is 5.92 Å². The molecule has 0 amide bonds. The molecule has 0 bridgehead atoms. The van der Waals surface area contributed by atoms with E-state index in [1.54, 1.807) is 0 Å². The van der Waals surface area contributed by atoms with Crippen molar-refractivity contribution in [1.82, 2.24) is 0 Å². The molecule has 0 spiro atoms. The molecule has 1 fully saturated rings. The fourth-order valence-corrected chi connectivity index (χ4v) is 3.07. The van der Waals surface area contributed by atoms with Crippen LogP contribution in [0.1, 0.15) is 71.6 Å². The number of hydrogen-bond acceptors (Lipinski definition) is 2. The van der Waals surface area contributed by atoms with Gasteiger partial charge in [-0.1, -0.05) is 26.7 Å². The molecule has 0 radical (unpaired) electrons. The molecular weight excluding hydrogens is 262 g/mol. The van der Waals surface area contributed by atoms with Crippen LogP contribution in [0, 0.1) is 11.8 Å². The van der Waals surface area contributed by atoms with Gasteiger partial charge in [-0.3, -0.25) is 9.59 Å². The Labute approximate surface area is 120 Å². The van der Waals surface area contributed by atoms with Crippen molar-refractivity contribution in [3.63, 3.8) is 0 Å². The van der Waals surface area contributed by atoms with E-state index < -0.39 is 11.7 Å². The van der Waals surface area contributed by atoms with E-state index in [4.69, 9.17) is 0 Å². The summed E-state index contributed by atoms with van der Waals surface area (Å²) in [6.45, 7) is 3.85. The fourth-order valence-electron chi connectivity index (χ4n) is 3.07. The van der Waals surface area contributed by atoms with Crippen molar-refractivity contribution in [2.24, 2.45) is 11.8 Å². The van der Waals surface area contributed by atoms with Crippen molar-refractivity contribution in [3.05, 3.63) is 0 Å². The normalized spacial score (nSPS) is 23.3. The summed E-state index contributed by atoms with van der Waals surface area (Å²) in [5.41, 5.74) is 0. The largest absolute Gasteiger partial charge is 0.305 e. The standard InChI is InChI=1S/C16H26F2O2/c1-3-5-11-16(17,18)15(20)10-8-12-7-9-14(19)13(12)6-4-2/h12-13H,3-11H2,1-2H3/t12?,13-/m1/s1. The lowest BCUT2D eigenvalue weighted by atomic mass is 9.86. The third-order valence-electron chi connectivity index (χ3n) is 4.34. The van der Waals surface area contributed by atoms with Gasteiger partial charge in [0.25, 0.3) is 0 Å². The molecule has 1 aliphatic carbocycles. The van der Waals surface area contributed by atoms with Crippen LogP contribution in [-0.2, 0) is 9.59 Å². The molecule has 2 nitrogen and oxygen atoms in total. The minimum atomic E-state index is -3.18. The summed E-state index contributed by atoms with van der Waals surface area (Å²) >= 11 is 0. The Kier molecular flexibility index (Phi) is 6.77. The Morgan fingerprint density at radius 3 is 2.55 bits per heavy atom. The first-order valence-electron chi connectivity index (χ1n) is 7.86. The van der Waals surface area contributed by atoms with Crippen molar-refractivity contribution >= 4 is 11.6 Å². The maximum absolute atomic E-state index is 13.6. The summed E-state index contributed by atoms with van der Waals surface area (Å²) in [5, 5.41) is 0. The zero-order valence-electron chi connectivity index (χ0n) is 12.6. The molecular formula is C16H26F2O2. The minimum absolute atomic E-state index is 0.00272. The zero-order valence-corrected chi connectivity index (χ0v) is 12.6. The van der Waals surface area contributed by atoms with Crippen LogP contribution in [0.3, 0.4) is 0 Å². The molecule has 0 heterocycles. The minimum Gasteiger partial charge on any atom is -0.299 e. The molecule has 116 valence electrons. The van der Waals surface area contributed by atoms with E-state index in [-0.39, 0.29) is 30.5 Å². The fraction of sp³-hybridized carbons (Fsp3) is 0.875. The van der Waals surface area contributed by atoms with Gasteiger partial charge in [0.2, 0.25) is 5.78 Å². The lowest BCUT2D eigenvalue weighted by Crippen LogP contribution is -2.29. The molecule has 1 rings (SSSR count). The highest BCUT2D eigenvalue weighted by Gasteiger charge is 2.39. The first-order chi connectivity index (χ1) is 9.42. The summed E-state index contributed by atoms with van der Waals surface area (Å²) in [6, 6.07) is 0. The maximum Gasteiger partial charge on any atom is 0.305 e.